The van der Waals surface area contributed by atoms with Crippen molar-refractivity contribution < 1.29 is 19.9 Å². The third kappa shape index (κ3) is 5.11. The molecule has 0 spiro atoms. The van der Waals surface area contributed by atoms with Crippen LogP contribution >= 0.6 is 0 Å². The molecule has 0 aliphatic rings. The molecule has 0 aliphatic heterocycles. The van der Waals surface area contributed by atoms with E-state index >= 15 is 0 Å². The summed E-state index contributed by atoms with van der Waals surface area (Å²) >= 11 is 0. The van der Waals surface area contributed by atoms with Gasteiger partial charge in [-0.05, 0) is 55.0 Å². The number of benzene rings is 2. The van der Waals surface area contributed by atoms with Gasteiger partial charge < -0.3 is 10.4 Å². The van der Waals surface area contributed by atoms with Crippen LogP contribution in [-0.4, -0.2) is 44.5 Å². The van der Waals surface area contributed by atoms with Gasteiger partial charge in [0.2, 0.25) is 0 Å². The molecule has 0 saturated heterocycles. The number of aliphatic hydroxyl groups excluding tert-OH is 1. The zero-order valence-corrected chi connectivity index (χ0v) is 16.1. The number of carbonyl (C=O) groups is 2. The van der Waals surface area contributed by atoms with E-state index in [1.165, 1.54) is 12.4 Å². The summed E-state index contributed by atoms with van der Waals surface area (Å²) in [6, 6.07) is 14.8. The number of aliphatic hydroxyl groups is 1. The van der Waals surface area contributed by atoms with Gasteiger partial charge in [-0.25, -0.2) is 5.48 Å². The number of H-pyrrole nitrogens is 1. The number of rotatable bonds is 5. The van der Waals surface area contributed by atoms with Crippen LogP contribution in [0.5, 0.6) is 0 Å². The number of aromatic amines is 1. The van der Waals surface area contributed by atoms with Gasteiger partial charge in [-0.1, -0.05) is 24.0 Å². The van der Waals surface area contributed by atoms with Crippen molar-refractivity contribution in [2.45, 2.75) is 19.1 Å². The van der Waals surface area contributed by atoms with Crippen molar-refractivity contribution in [2.24, 2.45) is 0 Å². The topological polar surface area (TPSA) is 127 Å². The molecule has 2 unspecified atom stereocenters. The lowest BCUT2D eigenvalue weighted by Gasteiger charge is -2.19. The number of nitrogens with zero attached hydrogens (tertiary/aromatic N) is 1. The smallest absolute Gasteiger partial charge is 0.268 e. The summed E-state index contributed by atoms with van der Waals surface area (Å²) < 4.78 is 0. The Hall–Kier alpha value is -3.93. The van der Waals surface area contributed by atoms with E-state index in [9.17, 15) is 14.7 Å². The van der Waals surface area contributed by atoms with E-state index in [-0.39, 0.29) is 0 Å². The molecule has 2 atom stereocenters. The minimum atomic E-state index is -1.27. The molecule has 8 heteroatoms. The standard InChI is InChI=1S/C22H20N4O4/c1-14(27)20(22(29)26-30)24-21(28)18-10-6-16(7-11-18)3-2-15-4-8-17(9-5-15)19-12-13-23-25-19/h4-14,20,27,30H,1H3,(H,23,25)(H,24,28)(H,26,29). The Labute approximate surface area is 172 Å². The van der Waals surface area contributed by atoms with Crippen LogP contribution in [-0.2, 0) is 4.79 Å². The van der Waals surface area contributed by atoms with Gasteiger partial charge in [-0.2, -0.15) is 5.10 Å². The second-order valence-corrected chi connectivity index (χ2v) is 6.54. The molecule has 0 saturated carbocycles. The Morgan fingerprint density at radius 2 is 1.60 bits per heavy atom. The van der Waals surface area contributed by atoms with Crippen LogP contribution in [0.2, 0.25) is 0 Å². The summed E-state index contributed by atoms with van der Waals surface area (Å²) in [5.41, 5.74) is 5.21. The minimum Gasteiger partial charge on any atom is -0.391 e. The van der Waals surface area contributed by atoms with E-state index in [1.807, 2.05) is 30.3 Å². The summed E-state index contributed by atoms with van der Waals surface area (Å²) in [5.74, 6) is 4.63. The fourth-order valence-electron chi connectivity index (χ4n) is 2.70. The highest BCUT2D eigenvalue weighted by Gasteiger charge is 2.25. The molecule has 3 rings (SSSR count). The molecule has 0 radical (unpaired) electrons. The lowest BCUT2D eigenvalue weighted by atomic mass is 10.1. The maximum absolute atomic E-state index is 12.3. The van der Waals surface area contributed by atoms with Crippen molar-refractivity contribution in [2.75, 3.05) is 0 Å². The van der Waals surface area contributed by atoms with Crippen molar-refractivity contribution in [1.29, 1.82) is 0 Å². The molecule has 8 nitrogen and oxygen atoms in total. The quantitative estimate of drug-likeness (QED) is 0.250. The number of aromatic nitrogens is 2. The molecule has 3 aromatic rings. The van der Waals surface area contributed by atoms with Crippen LogP contribution in [0, 0.1) is 11.8 Å². The maximum Gasteiger partial charge on any atom is 0.268 e. The first-order valence-electron chi connectivity index (χ1n) is 9.12. The van der Waals surface area contributed by atoms with E-state index in [4.69, 9.17) is 5.21 Å². The predicted molar refractivity (Wildman–Crippen MR) is 109 cm³/mol. The first-order chi connectivity index (χ1) is 14.5. The fourth-order valence-corrected chi connectivity index (χ4v) is 2.70. The average molecular weight is 404 g/mol. The van der Waals surface area contributed by atoms with Crippen molar-refractivity contribution in [3.63, 3.8) is 0 Å². The van der Waals surface area contributed by atoms with Crippen molar-refractivity contribution in [1.82, 2.24) is 21.0 Å². The number of hydroxylamine groups is 1. The molecule has 1 heterocycles. The molecule has 152 valence electrons. The zero-order chi connectivity index (χ0) is 21.5. The Kier molecular flexibility index (Phi) is 6.60. The van der Waals surface area contributed by atoms with Gasteiger partial charge in [0, 0.05) is 22.9 Å². The van der Waals surface area contributed by atoms with Crippen molar-refractivity contribution in [3.8, 4) is 23.1 Å². The Bertz CT molecular complexity index is 1060. The monoisotopic (exact) mass is 404 g/mol. The second-order valence-electron chi connectivity index (χ2n) is 6.54. The number of carbonyl (C=O) groups excluding carboxylic acids is 2. The van der Waals surface area contributed by atoms with E-state index in [0.717, 1.165) is 16.8 Å². The van der Waals surface area contributed by atoms with E-state index in [0.29, 0.717) is 11.1 Å². The lowest BCUT2D eigenvalue weighted by molar-refractivity contribution is -0.133. The van der Waals surface area contributed by atoms with Crippen LogP contribution in [0.25, 0.3) is 11.3 Å². The summed E-state index contributed by atoms with van der Waals surface area (Å²) in [5, 5.41) is 27.5. The predicted octanol–water partition coefficient (Wildman–Crippen LogP) is 1.46. The molecule has 2 amide bonds. The van der Waals surface area contributed by atoms with Gasteiger partial charge in [0.05, 0.1) is 11.8 Å². The van der Waals surface area contributed by atoms with Crippen LogP contribution in [0.3, 0.4) is 0 Å². The van der Waals surface area contributed by atoms with Gasteiger partial charge in [0.1, 0.15) is 6.04 Å². The van der Waals surface area contributed by atoms with Gasteiger partial charge in [-0.15, -0.1) is 0 Å². The molecular formula is C22H20N4O4. The number of hydrogen-bond donors (Lipinski definition) is 5. The SMILES string of the molecule is CC(O)C(NC(=O)c1ccc(C#Cc2ccc(-c3ccn[nH]3)cc2)cc1)C(=O)NO. The van der Waals surface area contributed by atoms with Crippen LogP contribution in [0.15, 0.2) is 60.8 Å². The maximum atomic E-state index is 12.3. The highest BCUT2D eigenvalue weighted by molar-refractivity contribution is 5.97. The Morgan fingerprint density at radius 3 is 2.10 bits per heavy atom. The molecule has 30 heavy (non-hydrogen) atoms. The summed E-state index contributed by atoms with van der Waals surface area (Å²) in [7, 11) is 0. The third-order valence-electron chi connectivity index (χ3n) is 4.36. The van der Waals surface area contributed by atoms with E-state index < -0.39 is 24.0 Å². The minimum absolute atomic E-state index is 0.292. The Morgan fingerprint density at radius 1 is 1.00 bits per heavy atom. The molecule has 0 bridgehead atoms. The first-order valence-corrected chi connectivity index (χ1v) is 9.12. The number of amides is 2. The zero-order valence-electron chi connectivity index (χ0n) is 16.1. The largest absolute Gasteiger partial charge is 0.391 e. The Balaban J connectivity index is 1.66. The highest BCUT2D eigenvalue weighted by Crippen LogP contribution is 2.16. The average Bonchev–Trinajstić information content (AvgIpc) is 3.31. The number of hydrogen-bond acceptors (Lipinski definition) is 5. The van der Waals surface area contributed by atoms with Crippen molar-refractivity contribution >= 4 is 11.8 Å². The summed E-state index contributed by atoms with van der Waals surface area (Å²) in [6.45, 7) is 1.33. The van der Waals surface area contributed by atoms with E-state index in [2.05, 4.69) is 27.4 Å². The van der Waals surface area contributed by atoms with Gasteiger partial charge in [0.25, 0.3) is 11.8 Å². The lowest BCUT2D eigenvalue weighted by Crippen LogP contribution is -2.51. The number of nitrogens with one attached hydrogen (secondary N) is 3. The van der Waals surface area contributed by atoms with Gasteiger partial charge in [-0.3, -0.25) is 19.9 Å². The van der Waals surface area contributed by atoms with E-state index in [1.54, 1.807) is 30.5 Å². The van der Waals surface area contributed by atoms with Crippen molar-refractivity contribution in [3.05, 3.63) is 77.5 Å². The summed E-state index contributed by atoms with van der Waals surface area (Å²) in [4.78, 5) is 23.8. The molecule has 1 aromatic heterocycles. The fraction of sp³-hybridized carbons (Fsp3) is 0.136. The van der Waals surface area contributed by atoms with Crippen LogP contribution in [0.1, 0.15) is 28.4 Å². The molecular weight excluding hydrogens is 384 g/mol. The molecule has 0 aliphatic carbocycles. The van der Waals surface area contributed by atoms with Crippen LogP contribution < -0.4 is 10.8 Å². The normalized spacial score (nSPS) is 12.2. The van der Waals surface area contributed by atoms with Gasteiger partial charge in [0.15, 0.2) is 0 Å². The van der Waals surface area contributed by atoms with Gasteiger partial charge >= 0.3 is 0 Å². The molecule has 0 fully saturated rings. The van der Waals surface area contributed by atoms with Crippen LogP contribution in [0.4, 0.5) is 0 Å². The molecule has 5 N–H and O–H groups in total. The second kappa shape index (κ2) is 9.52. The highest BCUT2D eigenvalue weighted by atomic mass is 16.5. The summed E-state index contributed by atoms with van der Waals surface area (Å²) in [6.07, 6.45) is 0.518. The first kappa shape index (κ1) is 20.8. The third-order valence-corrected chi connectivity index (χ3v) is 4.36. The molecule has 2 aromatic carbocycles.